The lowest BCUT2D eigenvalue weighted by Crippen LogP contribution is -2.25. The highest BCUT2D eigenvalue weighted by Crippen LogP contribution is 2.36. The van der Waals surface area contributed by atoms with Gasteiger partial charge in [0.2, 0.25) is 0 Å². The number of nitriles is 1. The second-order valence-electron chi connectivity index (χ2n) is 6.47. The molecule has 0 fully saturated rings. The van der Waals surface area contributed by atoms with Gasteiger partial charge in [-0.05, 0) is 61.4 Å². The molecule has 1 aliphatic heterocycles. The van der Waals surface area contributed by atoms with Crippen LogP contribution in [-0.2, 0) is 6.42 Å². The normalized spacial score (nSPS) is 15.1. The molecule has 2 heterocycles. The SMILES string of the molecule is CC1Cc2ccccc2N1c1ccc(C(=O)Nc2ccc(C#N)cc2)nn1. The fourth-order valence-corrected chi connectivity index (χ4v) is 3.31. The van der Waals surface area contributed by atoms with Crippen molar-refractivity contribution in [1.82, 2.24) is 10.2 Å². The van der Waals surface area contributed by atoms with Crippen molar-refractivity contribution in [1.29, 1.82) is 5.26 Å². The predicted molar refractivity (Wildman–Crippen MR) is 103 cm³/mol. The average Bonchev–Trinajstić information content (AvgIpc) is 3.04. The van der Waals surface area contributed by atoms with Gasteiger partial charge in [0.05, 0.1) is 11.6 Å². The van der Waals surface area contributed by atoms with E-state index < -0.39 is 0 Å². The summed E-state index contributed by atoms with van der Waals surface area (Å²) in [4.78, 5) is 14.5. The number of carbonyl (C=O) groups excluding carboxylic acids is 1. The molecule has 0 spiro atoms. The molecule has 1 amide bonds. The zero-order valence-electron chi connectivity index (χ0n) is 14.8. The molecule has 132 valence electrons. The Balaban J connectivity index is 1.52. The van der Waals surface area contributed by atoms with E-state index in [9.17, 15) is 4.79 Å². The first-order valence-corrected chi connectivity index (χ1v) is 8.68. The quantitative estimate of drug-likeness (QED) is 0.775. The molecule has 3 aromatic rings. The number of amides is 1. The Hall–Kier alpha value is -3.72. The molecule has 1 aliphatic rings. The smallest absolute Gasteiger partial charge is 0.276 e. The molecular weight excluding hydrogens is 338 g/mol. The van der Waals surface area contributed by atoms with Gasteiger partial charge in [0.15, 0.2) is 11.5 Å². The van der Waals surface area contributed by atoms with Crippen LogP contribution in [0.1, 0.15) is 28.5 Å². The lowest BCUT2D eigenvalue weighted by molar-refractivity contribution is 0.102. The highest BCUT2D eigenvalue weighted by molar-refractivity contribution is 6.02. The highest BCUT2D eigenvalue weighted by Gasteiger charge is 2.28. The Morgan fingerprint density at radius 3 is 2.59 bits per heavy atom. The van der Waals surface area contributed by atoms with Crippen molar-refractivity contribution in [2.75, 3.05) is 10.2 Å². The van der Waals surface area contributed by atoms with Crippen molar-refractivity contribution in [2.45, 2.75) is 19.4 Å². The monoisotopic (exact) mass is 355 g/mol. The summed E-state index contributed by atoms with van der Waals surface area (Å²) in [6, 6.07) is 20.7. The van der Waals surface area contributed by atoms with E-state index in [1.54, 1.807) is 30.3 Å². The van der Waals surface area contributed by atoms with Gasteiger partial charge in [-0.3, -0.25) is 4.79 Å². The van der Waals surface area contributed by atoms with E-state index in [0.29, 0.717) is 11.3 Å². The topological polar surface area (TPSA) is 81.9 Å². The molecule has 6 heteroatoms. The first-order valence-electron chi connectivity index (χ1n) is 8.68. The second kappa shape index (κ2) is 6.89. The predicted octanol–water partition coefficient (Wildman–Crippen LogP) is 3.68. The summed E-state index contributed by atoms with van der Waals surface area (Å²) in [7, 11) is 0. The summed E-state index contributed by atoms with van der Waals surface area (Å²) in [6.07, 6.45) is 0.957. The number of nitrogens with one attached hydrogen (secondary N) is 1. The molecule has 0 aliphatic carbocycles. The fraction of sp³-hybridized carbons (Fsp3) is 0.143. The minimum absolute atomic E-state index is 0.239. The molecule has 0 bridgehead atoms. The number of hydrogen-bond donors (Lipinski definition) is 1. The van der Waals surface area contributed by atoms with E-state index in [-0.39, 0.29) is 17.6 Å². The van der Waals surface area contributed by atoms with E-state index in [0.717, 1.165) is 17.9 Å². The third-order valence-electron chi connectivity index (χ3n) is 4.61. The molecule has 27 heavy (non-hydrogen) atoms. The van der Waals surface area contributed by atoms with Crippen molar-refractivity contribution in [3.8, 4) is 6.07 Å². The van der Waals surface area contributed by atoms with Crippen molar-refractivity contribution in [3.05, 3.63) is 77.5 Å². The van der Waals surface area contributed by atoms with Crippen LogP contribution in [0.5, 0.6) is 0 Å². The van der Waals surface area contributed by atoms with Gasteiger partial charge in [-0.25, -0.2) is 0 Å². The van der Waals surface area contributed by atoms with Gasteiger partial charge in [0, 0.05) is 17.4 Å². The van der Waals surface area contributed by atoms with E-state index in [1.807, 2.05) is 24.3 Å². The molecule has 1 aromatic heterocycles. The zero-order valence-corrected chi connectivity index (χ0v) is 14.8. The summed E-state index contributed by atoms with van der Waals surface area (Å²) < 4.78 is 0. The van der Waals surface area contributed by atoms with Crippen LogP contribution in [-0.4, -0.2) is 22.1 Å². The molecule has 0 radical (unpaired) electrons. The summed E-state index contributed by atoms with van der Waals surface area (Å²) >= 11 is 0. The average molecular weight is 355 g/mol. The van der Waals surface area contributed by atoms with Gasteiger partial charge >= 0.3 is 0 Å². The lowest BCUT2D eigenvalue weighted by atomic mass is 10.1. The molecule has 4 rings (SSSR count). The van der Waals surface area contributed by atoms with Crippen LogP contribution >= 0.6 is 0 Å². The molecule has 2 aromatic carbocycles. The van der Waals surface area contributed by atoms with Crippen LogP contribution < -0.4 is 10.2 Å². The van der Waals surface area contributed by atoms with E-state index in [4.69, 9.17) is 5.26 Å². The van der Waals surface area contributed by atoms with Crippen molar-refractivity contribution in [2.24, 2.45) is 0 Å². The lowest BCUT2D eigenvalue weighted by Gasteiger charge is -2.23. The number of benzene rings is 2. The first-order chi connectivity index (χ1) is 13.2. The Morgan fingerprint density at radius 2 is 1.89 bits per heavy atom. The zero-order chi connectivity index (χ0) is 18.8. The van der Waals surface area contributed by atoms with Gasteiger partial charge in [-0.15, -0.1) is 10.2 Å². The molecule has 0 saturated heterocycles. The highest BCUT2D eigenvalue weighted by atomic mass is 16.1. The standard InChI is InChI=1S/C21H17N5O/c1-14-12-16-4-2-3-5-19(16)26(14)20-11-10-18(24-25-20)21(27)23-17-8-6-15(13-22)7-9-17/h2-11,14H,12H2,1H3,(H,23,27). The van der Waals surface area contributed by atoms with Crippen molar-refractivity contribution >= 4 is 23.1 Å². The molecule has 1 N–H and O–H groups in total. The Kier molecular flexibility index (Phi) is 4.27. The number of rotatable bonds is 3. The Labute approximate surface area is 157 Å². The summed E-state index contributed by atoms with van der Waals surface area (Å²) in [5, 5.41) is 20.0. The minimum atomic E-state index is -0.339. The number of para-hydroxylation sites is 1. The molecule has 1 unspecified atom stereocenters. The van der Waals surface area contributed by atoms with Crippen LogP contribution in [0.2, 0.25) is 0 Å². The van der Waals surface area contributed by atoms with E-state index in [2.05, 4.69) is 39.5 Å². The number of nitrogens with zero attached hydrogens (tertiary/aromatic N) is 4. The van der Waals surface area contributed by atoms with E-state index >= 15 is 0 Å². The summed E-state index contributed by atoms with van der Waals surface area (Å²) in [6.45, 7) is 2.15. The maximum Gasteiger partial charge on any atom is 0.276 e. The number of aromatic nitrogens is 2. The Morgan fingerprint density at radius 1 is 1.11 bits per heavy atom. The van der Waals surface area contributed by atoms with Gasteiger partial charge in [0.25, 0.3) is 5.91 Å². The molecule has 1 atom stereocenters. The van der Waals surface area contributed by atoms with Gasteiger partial charge < -0.3 is 10.2 Å². The first kappa shape index (κ1) is 16.7. The van der Waals surface area contributed by atoms with Crippen molar-refractivity contribution < 1.29 is 4.79 Å². The van der Waals surface area contributed by atoms with Crippen LogP contribution in [0.3, 0.4) is 0 Å². The van der Waals surface area contributed by atoms with Crippen molar-refractivity contribution in [3.63, 3.8) is 0 Å². The maximum atomic E-state index is 12.4. The number of carbonyl (C=O) groups is 1. The largest absolute Gasteiger partial charge is 0.321 e. The van der Waals surface area contributed by atoms with Gasteiger partial charge in [0.1, 0.15) is 0 Å². The number of hydrogen-bond acceptors (Lipinski definition) is 5. The second-order valence-corrected chi connectivity index (χ2v) is 6.47. The van der Waals surface area contributed by atoms with Crippen LogP contribution in [0, 0.1) is 11.3 Å². The summed E-state index contributed by atoms with van der Waals surface area (Å²) in [5.41, 5.74) is 3.80. The van der Waals surface area contributed by atoms with E-state index in [1.165, 1.54) is 5.56 Å². The molecule has 6 nitrogen and oxygen atoms in total. The van der Waals surface area contributed by atoms with Crippen LogP contribution in [0.25, 0.3) is 0 Å². The fourth-order valence-electron chi connectivity index (χ4n) is 3.31. The third-order valence-corrected chi connectivity index (χ3v) is 4.61. The third kappa shape index (κ3) is 3.23. The van der Waals surface area contributed by atoms with Crippen LogP contribution in [0.15, 0.2) is 60.7 Å². The number of anilines is 3. The summed E-state index contributed by atoms with van der Waals surface area (Å²) in [5.74, 6) is 0.385. The van der Waals surface area contributed by atoms with Crippen LogP contribution in [0.4, 0.5) is 17.2 Å². The maximum absolute atomic E-state index is 12.4. The number of fused-ring (bicyclic) bond motifs is 1. The van der Waals surface area contributed by atoms with Gasteiger partial charge in [-0.1, -0.05) is 18.2 Å². The molecular formula is C21H17N5O. The minimum Gasteiger partial charge on any atom is -0.321 e. The van der Waals surface area contributed by atoms with Gasteiger partial charge in [-0.2, -0.15) is 5.26 Å². The molecule has 0 saturated carbocycles. The Bertz CT molecular complexity index is 1020.